The molecule has 0 aliphatic carbocycles. The summed E-state index contributed by atoms with van der Waals surface area (Å²) in [4.78, 5) is 4.00. The van der Waals surface area contributed by atoms with Crippen LogP contribution in [-0.2, 0) is 0 Å². The van der Waals surface area contributed by atoms with Gasteiger partial charge in [0.1, 0.15) is 0 Å². The van der Waals surface area contributed by atoms with Crippen LogP contribution < -0.4 is 11.5 Å². The molecule has 0 unspecified atom stereocenters. The smallest absolute Gasteiger partial charge is 0.0315 e. The zero-order valence-corrected chi connectivity index (χ0v) is 8.33. The minimum atomic E-state index is 0. The summed E-state index contributed by atoms with van der Waals surface area (Å²) in [6.45, 7) is 0.702. The average molecular weight is 202 g/mol. The first-order valence-electron chi connectivity index (χ1n) is 4.20. The van der Waals surface area contributed by atoms with Gasteiger partial charge in [-0.1, -0.05) is 6.07 Å². The van der Waals surface area contributed by atoms with Gasteiger partial charge in [-0.05, 0) is 31.0 Å². The third-order valence-corrected chi connectivity index (χ3v) is 1.83. The van der Waals surface area contributed by atoms with Crippen LogP contribution in [0.4, 0.5) is 0 Å². The van der Waals surface area contributed by atoms with Crippen LogP contribution in [0.5, 0.6) is 0 Å². The lowest BCUT2D eigenvalue weighted by Crippen LogP contribution is -2.12. The van der Waals surface area contributed by atoms with E-state index in [-0.39, 0.29) is 18.4 Å². The highest BCUT2D eigenvalue weighted by Gasteiger charge is 2.03. The molecule has 74 valence electrons. The Labute approximate surface area is 84.9 Å². The molecular formula is C9H16ClN3. The fraction of sp³-hybridized carbons (Fsp3) is 0.444. The number of aromatic nitrogens is 1. The van der Waals surface area contributed by atoms with E-state index in [1.807, 2.05) is 12.1 Å². The van der Waals surface area contributed by atoms with Crippen molar-refractivity contribution in [1.82, 2.24) is 4.98 Å². The molecule has 1 atom stereocenters. The largest absolute Gasteiger partial charge is 0.330 e. The van der Waals surface area contributed by atoms with Gasteiger partial charge in [-0.15, -0.1) is 12.4 Å². The predicted octanol–water partition coefficient (Wildman–Crippen LogP) is 1.24. The quantitative estimate of drug-likeness (QED) is 0.771. The molecule has 0 saturated carbocycles. The zero-order valence-electron chi connectivity index (χ0n) is 7.52. The summed E-state index contributed by atoms with van der Waals surface area (Å²) in [5.74, 6) is 0. The van der Waals surface area contributed by atoms with Crippen LogP contribution in [0.2, 0.25) is 0 Å². The topological polar surface area (TPSA) is 64.9 Å². The van der Waals surface area contributed by atoms with E-state index in [1.54, 1.807) is 12.4 Å². The molecule has 4 heteroatoms. The van der Waals surface area contributed by atoms with Gasteiger partial charge in [-0.25, -0.2) is 0 Å². The Morgan fingerprint density at radius 1 is 1.46 bits per heavy atom. The molecule has 4 N–H and O–H groups in total. The Hall–Kier alpha value is -0.640. The summed E-state index contributed by atoms with van der Waals surface area (Å²) < 4.78 is 0. The summed E-state index contributed by atoms with van der Waals surface area (Å²) in [5.41, 5.74) is 12.4. The van der Waals surface area contributed by atoms with Crippen LogP contribution in [-0.4, -0.2) is 11.5 Å². The van der Waals surface area contributed by atoms with Gasteiger partial charge in [0.15, 0.2) is 0 Å². The lowest BCUT2D eigenvalue weighted by atomic mass is 10.1. The van der Waals surface area contributed by atoms with Gasteiger partial charge in [-0.3, -0.25) is 4.98 Å². The van der Waals surface area contributed by atoms with Crippen LogP contribution in [0.1, 0.15) is 24.4 Å². The minimum absolute atomic E-state index is 0. The summed E-state index contributed by atoms with van der Waals surface area (Å²) in [7, 11) is 0. The van der Waals surface area contributed by atoms with Crippen molar-refractivity contribution in [3.8, 4) is 0 Å². The van der Waals surface area contributed by atoms with Crippen LogP contribution in [0.15, 0.2) is 24.5 Å². The van der Waals surface area contributed by atoms with Crippen LogP contribution >= 0.6 is 12.4 Å². The van der Waals surface area contributed by atoms with Gasteiger partial charge >= 0.3 is 0 Å². The van der Waals surface area contributed by atoms with E-state index in [0.29, 0.717) is 6.54 Å². The summed E-state index contributed by atoms with van der Waals surface area (Å²) in [5, 5.41) is 0. The van der Waals surface area contributed by atoms with Gasteiger partial charge in [-0.2, -0.15) is 0 Å². The normalized spacial score (nSPS) is 11.8. The van der Waals surface area contributed by atoms with E-state index in [4.69, 9.17) is 11.5 Å². The Morgan fingerprint density at radius 3 is 2.77 bits per heavy atom. The highest BCUT2D eigenvalue weighted by atomic mass is 35.5. The number of hydrogen-bond acceptors (Lipinski definition) is 3. The van der Waals surface area contributed by atoms with Crippen LogP contribution in [0, 0.1) is 0 Å². The molecule has 13 heavy (non-hydrogen) atoms. The highest BCUT2D eigenvalue weighted by Crippen LogP contribution is 2.12. The minimum Gasteiger partial charge on any atom is -0.330 e. The number of nitrogens with two attached hydrogens (primary N) is 2. The second kappa shape index (κ2) is 6.83. The van der Waals surface area contributed by atoms with E-state index >= 15 is 0 Å². The van der Waals surface area contributed by atoms with Crippen molar-refractivity contribution in [2.45, 2.75) is 18.9 Å². The maximum Gasteiger partial charge on any atom is 0.0315 e. The third kappa shape index (κ3) is 4.22. The molecule has 3 nitrogen and oxygen atoms in total. The second-order valence-corrected chi connectivity index (χ2v) is 2.82. The first kappa shape index (κ1) is 12.4. The number of halogens is 1. The van der Waals surface area contributed by atoms with Gasteiger partial charge in [0.2, 0.25) is 0 Å². The Kier molecular flexibility index (Phi) is 6.49. The Balaban J connectivity index is 0.00000144. The molecule has 1 heterocycles. The van der Waals surface area contributed by atoms with E-state index in [9.17, 15) is 0 Å². The van der Waals surface area contributed by atoms with Crippen molar-refractivity contribution in [2.75, 3.05) is 6.54 Å². The maximum absolute atomic E-state index is 5.89. The fourth-order valence-corrected chi connectivity index (χ4v) is 1.10. The van der Waals surface area contributed by atoms with Gasteiger partial charge in [0, 0.05) is 18.4 Å². The summed E-state index contributed by atoms with van der Waals surface area (Å²) in [6, 6.07) is 3.98. The first-order chi connectivity index (χ1) is 5.84. The predicted molar refractivity (Wildman–Crippen MR) is 56.7 cm³/mol. The second-order valence-electron chi connectivity index (χ2n) is 2.82. The molecule has 0 radical (unpaired) electrons. The van der Waals surface area contributed by atoms with Crippen molar-refractivity contribution < 1.29 is 0 Å². The maximum atomic E-state index is 5.89. The molecule has 1 rings (SSSR count). The molecule has 0 bridgehead atoms. The van der Waals surface area contributed by atoms with E-state index < -0.39 is 0 Å². The summed E-state index contributed by atoms with van der Waals surface area (Å²) in [6.07, 6.45) is 5.46. The van der Waals surface area contributed by atoms with E-state index in [1.165, 1.54) is 0 Å². The molecule has 0 saturated heterocycles. The Morgan fingerprint density at radius 2 is 2.23 bits per heavy atom. The van der Waals surface area contributed by atoms with Gasteiger partial charge in [0.05, 0.1) is 0 Å². The van der Waals surface area contributed by atoms with E-state index in [0.717, 1.165) is 18.4 Å². The van der Waals surface area contributed by atoms with Gasteiger partial charge < -0.3 is 11.5 Å². The third-order valence-electron chi connectivity index (χ3n) is 1.83. The molecule has 1 aromatic rings. The number of nitrogens with zero attached hydrogens (tertiary/aromatic N) is 1. The Bertz CT molecular complexity index is 215. The molecule has 0 aliphatic heterocycles. The van der Waals surface area contributed by atoms with Crippen molar-refractivity contribution in [2.24, 2.45) is 11.5 Å². The van der Waals surface area contributed by atoms with Crippen molar-refractivity contribution in [3.63, 3.8) is 0 Å². The standard InChI is InChI=1S/C9H15N3.ClH/c10-5-1-4-9(11)8-3-2-6-12-7-8;/h2-3,6-7,9H,1,4-5,10-11H2;1H/t9-;/m1./s1. The lowest BCUT2D eigenvalue weighted by Gasteiger charge is -2.09. The molecular weight excluding hydrogens is 186 g/mol. The number of hydrogen-bond donors (Lipinski definition) is 2. The van der Waals surface area contributed by atoms with Crippen molar-refractivity contribution >= 4 is 12.4 Å². The first-order valence-corrected chi connectivity index (χ1v) is 4.20. The molecule has 0 aromatic carbocycles. The van der Waals surface area contributed by atoms with E-state index in [2.05, 4.69) is 4.98 Å². The van der Waals surface area contributed by atoms with Gasteiger partial charge in [0.25, 0.3) is 0 Å². The highest BCUT2D eigenvalue weighted by molar-refractivity contribution is 5.85. The van der Waals surface area contributed by atoms with Crippen LogP contribution in [0.3, 0.4) is 0 Å². The molecule has 0 fully saturated rings. The SMILES string of the molecule is Cl.NCCC[C@@H](N)c1cccnc1. The lowest BCUT2D eigenvalue weighted by molar-refractivity contribution is 0.616. The molecule has 1 aromatic heterocycles. The molecule has 0 spiro atoms. The summed E-state index contributed by atoms with van der Waals surface area (Å²) >= 11 is 0. The number of rotatable bonds is 4. The zero-order chi connectivity index (χ0) is 8.81. The van der Waals surface area contributed by atoms with Crippen molar-refractivity contribution in [1.29, 1.82) is 0 Å². The monoisotopic (exact) mass is 201 g/mol. The average Bonchev–Trinajstić information content (AvgIpc) is 2.15. The fourth-order valence-electron chi connectivity index (χ4n) is 1.10. The molecule has 0 aliphatic rings. The van der Waals surface area contributed by atoms with Crippen molar-refractivity contribution in [3.05, 3.63) is 30.1 Å². The molecule has 0 amide bonds. The number of pyridine rings is 1. The van der Waals surface area contributed by atoms with Crippen LogP contribution in [0.25, 0.3) is 0 Å².